The summed E-state index contributed by atoms with van der Waals surface area (Å²) in [5.41, 5.74) is 0.624. The molecule has 0 aliphatic carbocycles. The van der Waals surface area contributed by atoms with Gasteiger partial charge < -0.3 is 15.3 Å². The van der Waals surface area contributed by atoms with Crippen molar-refractivity contribution in [3.8, 4) is 0 Å². The highest BCUT2D eigenvalue weighted by Gasteiger charge is 2.17. The summed E-state index contributed by atoms with van der Waals surface area (Å²) in [6, 6.07) is 1.74. The summed E-state index contributed by atoms with van der Waals surface area (Å²) in [6.07, 6.45) is 0.813. The molecule has 0 saturated carbocycles. The summed E-state index contributed by atoms with van der Waals surface area (Å²) >= 11 is 1.45. The highest BCUT2D eigenvalue weighted by atomic mass is 32.1. The van der Waals surface area contributed by atoms with E-state index in [4.69, 9.17) is 5.11 Å². The van der Waals surface area contributed by atoms with Gasteiger partial charge in [-0.05, 0) is 17.9 Å². The fourth-order valence-electron chi connectivity index (χ4n) is 1.72. The summed E-state index contributed by atoms with van der Waals surface area (Å²) in [4.78, 5) is 35.6. The molecule has 1 rings (SSSR count). The minimum Gasteiger partial charge on any atom is -0.481 e. The predicted molar refractivity (Wildman–Crippen MR) is 80.3 cm³/mol. The third kappa shape index (κ3) is 5.95. The van der Waals surface area contributed by atoms with Crippen molar-refractivity contribution in [3.05, 3.63) is 22.4 Å². The van der Waals surface area contributed by atoms with Crippen LogP contribution in [0.1, 0.15) is 30.1 Å². The van der Waals surface area contributed by atoms with Gasteiger partial charge in [-0.15, -0.1) is 0 Å². The lowest BCUT2D eigenvalue weighted by molar-refractivity contribution is -0.142. The van der Waals surface area contributed by atoms with Gasteiger partial charge in [0.05, 0.1) is 5.92 Å². The Labute approximate surface area is 127 Å². The van der Waals surface area contributed by atoms with Gasteiger partial charge in [-0.2, -0.15) is 11.3 Å². The molecule has 1 atom stereocenters. The molecule has 0 bridgehead atoms. The molecular weight excluding hydrogens is 292 g/mol. The molecule has 21 heavy (non-hydrogen) atoms. The van der Waals surface area contributed by atoms with Crippen molar-refractivity contribution in [3.63, 3.8) is 0 Å². The largest absolute Gasteiger partial charge is 0.481 e. The van der Waals surface area contributed by atoms with Crippen molar-refractivity contribution in [2.45, 2.75) is 19.8 Å². The van der Waals surface area contributed by atoms with Crippen LogP contribution in [-0.2, 0) is 9.59 Å². The van der Waals surface area contributed by atoms with E-state index in [1.54, 1.807) is 25.4 Å². The SMILES string of the molecule is CC(CN(C)C(=O)CCCNC(=O)c1ccsc1)C(=O)O. The quantitative estimate of drug-likeness (QED) is 0.711. The molecule has 6 nitrogen and oxygen atoms in total. The molecule has 1 heterocycles. The number of carboxylic acids is 1. The molecule has 0 aromatic carbocycles. The zero-order valence-corrected chi connectivity index (χ0v) is 13.0. The van der Waals surface area contributed by atoms with E-state index < -0.39 is 11.9 Å². The van der Waals surface area contributed by atoms with Crippen molar-refractivity contribution < 1.29 is 19.5 Å². The Morgan fingerprint density at radius 2 is 2.14 bits per heavy atom. The average molecular weight is 312 g/mol. The van der Waals surface area contributed by atoms with Gasteiger partial charge in [0.1, 0.15) is 0 Å². The van der Waals surface area contributed by atoms with E-state index in [0.29, 0.717) is 18.5 Å². The lowest BCUT2D eigenvalue weighted by atomic mass is 10.1. The standard InChI is InChI=1S/C14H20N2O4S/c1-10(14(19)20)8-16(2)12(17)4-3-6-15-13(18)11-5-7-21-9-11/h5,7,9-10H,3-4,6,8H2,1-2H3,(H,15,18)(H,19,20). The van der Waals surface area contributed by atoms with Crippen molar-refractivity contribution in [2.24, 2.45) is 5.92 Å². The maximum atomic E-state index is 11.8. The first-order valence-electron chi connectivity index (χ1n) is 6.69. The molecule has 0 radical (unpaired) electrons. The molecule has 116 valence electrons. The number of nitrogens with zero attached hydrogens (tertiary/aromatic N) is 1. The Hall–Kier alpha value is -1.89. The van der Waals surface area contributed by atoms with Crippen molar-refractivity contribution >= 4 is 29.1 Å². The summed E-state index contributed by atoms with van der Waals surface area (Å²) in [5, 5.41) is 15.1. The summed E-state index contributed by atoms with van der Waals surface area (Å²) in [5.74, 6) is -1.76. The number of nitrogens with one attached hydrogen (secondary N) is 1. The second-order valence-electron chi connectivity index (χ2n) is 4.89. The highest BCUT2D eigenvalue weighted by molar-refractivity contribution is 7.08. The first-order chi connectivity index (χ1) is 9.91. The van der Waals surface area contributed by atoms with Gasteiger partial charge >= 0.3 is 5.97 Å². The van der Waals surface area contributed by atoms with E-state index in [1.807, 2.05) is 5.38 Å². The topological polar surface area (TPSA) is 86.7 Å². The zero-order valence-electron chi connectivity index (χ0n) is 12.2. The molecule has 0 spiro atoms. The van der Waals surface area contributed by atoms with Gasteiger partial charge in [0.15, 0.2) is 0 Å². The second kappa shape index (κ2) is 8.41. The van der Waals surface area contributed by atoms with Crippen LogP contribution in [0.4, 0.5) is 0 Å². The Kier molecular flexibility index (Phi) is 6.87. The number of rotatable bonds is 8. The van der Waals surface area contributed by atoms with Gasteiger partial charge in [0.25, 0.3) is 5.91 Å². The van der Waals surface area contributed by atoms with E-state index in [-0.39, 0.29) is 24.8 Å². The second-order valence-corrected chi connectivity index (χ2v) is 5.67. The van der Waals surface area contributed by atoms with Crippen LogP contribution in [0.2, 0.25) is 0 Å². The van der Waals surface area contributed by atoms with E-state index >= 15 is 0 Å². The van der Waals surface area contributed by atoms with Crippen LogP contribution < -0.4 is 5.32 Å². The third-order valence-electron chi connectivity index (χ3n) is 3.03. The summed E-state index contributed by atoms with van der Waals surface area (Å²) < 4.78 is 0. The molecule has 2 N–H and O–H groups in total. The molecule has 0 saturated heterocycles. The van der Waals surface area contributed by atoms with Gasteiger partial charge in [-0.3, -0.25) is 14.4 Å². The molecule has 1 aromatic heterocycles. The van der Waals surface area contributed by atoms with Crippen LogP contribution in [0.5, 0.6) is 0 Å². The lowest BCUT2D eigenvalue weighted by Gasteiger charge is -2.19. The molecule has 7 heteroatoms. The van der Waals surface area contributed by atoms with Gasteiger partial charge in [0.2, 0.25) is 5.91 Å². The fourth-order valence-corrected chi connectivity index (χ4v) is 2.35. The number of hydrogen-bond donors (Lipinski definition) is 2. The van der Waals surface area contributed by atoms with Crippen LogP contribution in [0.3, 0.4) is 0 Å². The number of carboxylic acid groups (broad SMARTS) is 1. The zero-order chi connectivity index (χ0) is 15.8. The van der Waals surface area contributed by atoms with Crippen molar-refractivity contribution in [1.82, 2.24) is 10.2 Å². The summed E-state index contributed by atoms with van der Waals surface area (Å²) in [6.45, 7) is 2.17. The first kappa shape index (κ1) is 17.2. The minimum absolute atomic E-state index is 0.118. The maximum absolute atomic E-state index is 11.8. The Morgan fingerprint density at radius 3 is 2.71 bits per heavy atom. The smallest absolute Gasteiger partial charge is 0.308 e. The fraction of sp³-hybridized carbons (Fsp3) is 0.500. The van der Waals surface area contributed by atoms with E-state index in [2.05, 4.69) is 5.32 Å². The first-order valence-corrected chi connectivity index (χ1v) is 7.63. The molecule has 0 aliphatic rings. The number of aliphatic carboxylic acids is 1. The van der Waals surface area contributed by atoms with Crippen LogP contribution in [0.15, 0.2) is 16.8 Å². The average Bonchev–Trinajstić information content (AvgIpc) is 2.96. The van der Waals surface area contributed by atoms with Gasteiger partial charge in [-0.25, -0.2) is 0 Å². The third-order valence-corrected chi connectivity index (χ3v) is 3.71. The van der Waals surface area contributed by atoms with Gasteiger partial charge in [-0.1, -0.05) is 6.92 Å². The van der Waals surface area contributed by atoms with Gasteiger partial charge in [0, 0.05) is 37.5 Å². The maximum Gasteiger partial charge on any atom is 0.308 e. The predicted octanol–water partition coefficient (Wildman–Crippen LogP) is 1.44. The molecule has 0 aliphatic heterocycles. The number of carbonyl (C=O) groups excluding carboxylic acids is 2. The monoisotopic (exact) mass is 312 g/mol. The highest BCUT2D eigenvalue weighted by Crippen LogP contribution is 2.05. The number of thiophene rings is 1. The Balaban J connectivity index is 2.21. The van der Waals surface area contributed by atoms with Crippen LogP contribution in [0.25, 0.3) is 0 Å². The number of hydrogen-bond acceptors (Lipinski definition) is 4. The van der Waals surface area contributed by atoms with Crippen molar-refractivity contribution in [1.29, 1.82) is 0 Å². The van der Waals surface area contributed by atoms with Crippen LogP contribution in [0, 0.1) is 5.92 Å². The molecular formula is C14H20N2O4S. The van der Waals surface area contributed by atoms with Crippen LogP contribution >= 0.6 is 11.3 Å². The van der Waals surface area contributed by atoms with E-state index in [0.717, 1.165) is 0 Å². The lowest BCUT2D eigenvalue weighted by Crippen LogP contribution is -2.34. The summed E-state index contributed by atoms with van der Waals surface area (Å²) in [7, 11) is 1.59. The normalized spacial score (nSPS) is 11.7. The molecule has 1 unspecified atom stereocenters. The van der Waals surface area contributed by atoms with E-state index in [9.17, 15) is 14.4 Å². The van der Waals surface area contributed by atoms with E-state index in [1.165, 1.54) is 16.2 Å². The Bertz CT molecular complexity index is 487. The Morgan fingerprint density at radius 1 is 1.43 bits per heavy atom. The minimum atomic E-state index is -0.919. The molecule has 0 fully saturated rings. The number of carbonyl (C=O) groups is 3. The van der Waals surface area contributed by atoms with Crippen LogP contribution in [-0.4, -0.2) is 47.9 Å². The number of amides is 2. The molecule has 2 amide bonds. The van der Waals surface area contributed by atoms with Crippen molar-refractivity contribution in [2.75, 3.05) is 20.1 Å². The molecule has 1 aromatic rings.